The number of esters is 2. The Morgan fingerprint density at radius 3 is 2.09 bits per heavy atom. The Morgan fingerprint density at radius 1 is 1.13 bits per heavy atom. The summed E-state index contributed by atoms with van der Waals surface area (Å²) in [6.45, 7) is 11.8. The lowest BCUT2D eigenvalue weighted by molar-refractivity contribution is -0.184. The van der Waals surface area contributed by atoms with Gasteiger partial charge < -0.3 is 14.2 Å². The molecule has 0 aliphatic carbocycles. The molecule has 0 N–H and O–H groups in total. The predicted octanol–water partition coefficient (Wildman–Crippen LogP) is 2.47. The van der Waals surface area contributed by atoms with Gasteiger partial charge in [0.2, 0.25) is 0 Å². The number of cyclic esters (lactones) is 1. The zero-order valence-corrected chi connectivity index (χ0v) is 15.0. The molecule has 0 aromatic carbocycles. The predicted molar refractivity (Wildman–Crippen MR) is 82.4 cm³/mol. The molecule has 1 heterocycles. The van der Waals surface area contributed by atoms with E-state index in [1.165, 1.54) is 0 Å². The van der Waals surface area contributed by atoms with Crippen LogP contribution in [0.25, 0.3) is 0 Å². The second kappa shape index (κ2) is 6.76. The maximum Gasteiger partial charge on any atom is 0.413 e. The highest BCUT2D eigenvalue weighted by molar-refractivity contribution is 5.89. The molecule has 0 saturated carbocycles. The van der Waals surface area contributed by atoms with Crippen LogP contribution in [0.3, 0.4) is 0 Å². The van der Waals surface area contributed by atoms with Gasteiger partial charge in [-0.25, -0.2) is 9.59 Å². The minimum Gasteiger partial charge on any atom is -0.458 e. The minimum absolute atomic E-state index is 0.325. The fourth-order valence-electron chi connectivity index (χ4n) is 2.20. The summed E-state index contributed by atoms with van der Waals surface area (Å²) < 4.78 is 15.7. The molecule has 0 radical (unpaired) electrons. The van der Waals surface area contributed by atoms with Crippen LogP contribution in [0, 0.1) is 5.92 Å². The van der Waals surface area contributed by atoms with Crippen LogP contribution < -0.4 is 0 Å². The first-order valence-corrected chi connectivity index (χ1v) is 7.75. The number of nitrogens with zero attached hydrogens (tertiary/aromatic N) is 1. The van der Waals surface area contributed by atoms with Crippen LogP contribution in [0.4, 0.5) is 4.79 Å². The van der Waals surface area contributed by atoms with Gasteiger partial charge in [-0.15, -0.1) is 0 Å². The third-order valence-corrected chi connectivity index (χ3v) is 3.08. The lowest BCUT2D eigenvalue weighted by atomic mass is 9.94. The second-order valence-corrected chi connectivity index (χ2v) is 7.54. The molecule has 0 bridgehead atoms. The Hall–Kier alpha value is -1.79. The summed E-state index contributed by atoms with van der Waals surface area (Å²) in [6, 6.07) is -1.05. The van der Waals surface area contributed by atoms with Gasteiger partial charge in [-0.3, -0.25) is 9.69 Å². The van der Waals surface area contributed by atoms with Crippen molar-refractivity contribution in [2.75, 3.05) is 6.73 Å². The Kier molecular flexibility index (Phi) is 5.66. The number of carbonyl (C=O) groups is 3. The summed E-state index contributed by atoms with van der Waals surface area (Å²) in [6.07, 6.45) is -0.360. The van der Waals surface area contributed by atoms with Crippen molar-refractivity contribution >= 4 is 18.0 Å². The summed E-state index contributed by atoms with van der Waals surface area (Å²) in [4.78, 5) is 38.0. The van der Waals surface area contributed by atoms with Crippen molar-refractivity contribution in [1.29, 1.82) is 0 Å². The van der Waals surface area contributed by atoms with Crippen molar-refractivity contribution in [3.63, 3.8) is 0 Å². The number of hydrogen-bond donors (Lipinski definition) is 0. The topological polar surface area (TPSA) is 82.1 Å². The first-order valence-electron chi connectivity index (χ1n) is 7.75. The van der Waals surface area contributed by atoms with Crippen molar-refractivity contribution in [3.8, 4) is 0 Å². The smallest absolute Gasteiger partial charge is 0.413 e. The number of amides is 1. The third-order valence-electron chi connectivity index (χ3n) is 3.08. The quantitative estimate of drug-likeness (QED) is 0.572. The molecular formula is C16H27NO6. The highest BCUT2D eigenvalue weighted by atomic mass is 16.6. The monoisotopic (exact) mass is 329 g/mol. The van der Waals surface area contributed by atoms with E-state index in [0.29, 0.717) is 6.42 Å². The van der Waals surface area contributed by atoms with Crippen LogP contribution >= 0.6 is 0 Å². The first-order chi connectivity index (χ1) is 10.4. The molecule has 1 aliphatic rings. The largest absolute Gasteiger partial charge is 0.458 e. The fraction of sp³-hybridized carbons (Fsp3) is 0.812. The van der Waals surface area contributed by atoms with Gasteiger partial charge in [0.25, 0.3) is 0 Å². The van der Waals surface area contributed by atoms with Crippen LogP contribution in [0.15, 0.2) is 0 Å². The van der Waals surface area contributed by atoms with Crippen molar-refractivity contribution in [3.05, 3.63) is 0 Å². The fourth-order valence-corrected chi connectivity index (χ4v) is 2.20. The molecule has 0 unspecified atom stereocenters. The normalized spacial score (nSPS) is 22.4. The molecule has 2 atom stereocenters. The number of hydrogen-bond acceptors (Lipinski definition) is 6. The average Bonchev–Trinajstić information content (AvgIpc) is 2.33. The minimum atomic E-state index is -1.05. The van der Waals surface area contributed by atoms with E-state index in [4.69, 9.17) is 14.2 Å². The molecular weight excluding hydrogens is 302 g/mol. The van der Waals surface area contributed by atoms with Gasteiger partial charge in [-0.2, -0.15) is 0 Å². The highest BCUT2D eigenvalue weighted by Gasteiger charge is 2.47. The molecule has 0 spiro atoms. The van der Waals surface area contributed by atoms with Crippen LogP contribution in [0.5, 0.6) is 0 Å². The van der Waals surface area contributed by atoms with Gasteiger partial charge in [-0.05, 0) is 48.0 Å². The third kappa shape index (κ3) is 5.41. The van der Waals surface area contributed by atoms with Crippen LogP contribution in [0.2, 0.25) is 0 Å². The van der Waals surface area contributed by atoms with Crippen molar-refractivity contribution in [1.82, 2.24) is 4.90 Å². The number of rotatable bonds is 2. The summed E-state index contributed by atoms with van der Waals surface area (Å²) in [5.41, 5.74) is -1.45. The maximum absolute atomic E-state index is 12.5. The van der Waals surface area contributed by atoms with Crippen LogP contribution in [-0.2, 0) is 23.8 Å². The first kappa shape index (κ1) is 19.3. The van der Waals surface area contributed by atoms with Gasteiger partial charge in [0, 0.05) is 0 Å². The van der Waals surface area contributed by atoms with Gasteiger partial charge >= 0.3 is 18.0 Å². The Balaban J connectivity index is 3.08. The Morgan fingerprint density at radius 2 is 1.65 bits per heavy atom. The molecule has 1 aliphatic heterocycles. The van der Waals surface area contributed by atoms with E-state index in [1.807, 2.05) is 0 Å². The lowest BCUT2D eigenvalue weighted by Crippen LogP contribution is -2.58. The maximum atomic E-state index is 12.5. The van der Waals surface area contributed by atoms with Crippen molar-refractivity contribution in [2.24, 2.45) is 5.92 Å². The molecule has 1 saturated heterocycles. The summed E-state index contributed by atoms with van der Waals surface area (Å²) in [5, 5.41) is 0. The zero-order chi connectivity index (χ0) is 18.0. The molecule has 0 aromatic heterocycles. The van der Waals surface area contributed by atoms with Gasteiger partial charge in [0.15, 0.2) is 6.73 Å². The molecule has 7 heteroatoms. The zero-order valence-electron chi connectivity index (χ0n) is 15.0. The molecule has 1 fully saturated rings. The molecule has 0 aromatic rings. The van der Waals surface area contributed by atoms with Crippen LogP contribution in [-0.4, -0.2) is 46.9 Å². The summed E-state index contributed by atoms with van der Waals surface area (Å²) in [5.74, 6) is -1.92. The second-order valence-electron chi connectivity index (χ2n) is 7.54. The van der Waals surface area contributed by atoms with Crippen molar-refractivity contribution in [2.45, 2.75) is 72.1 Å². The van der Waals surface area contributed by atoms with E-state index in [-0.39, 0.29) is 6.73 Å². The van der Waals surface area contributed by atoms with E-state index in [9.17, 15) is 14.4 Å². The SMILES string of the molecule is CC[C@H]1C(=O)OCN(C(=O)OC(C)(C)C)[C@@H]1C(=O)OC(C)(C)C. The number of ether oxygens (including phenoxy) is 3. The Bertz CT molecular complexity index is 474. The average molecular weight is 329 g/mol. The van der Waals surface area contributed by atoms with E-state index in [2.05, 4.69) is 0 Å². The van der Waals surface area contributed by atoms with E-state index < -0.39 is 41.2 Å². The van der Waals surface area contributed by atoms with Gasteiger partial charge in [0.1, 0.15) is 17.2 Å². The standard InChI is InChI=1S/C16H27NO6/c1-8-10-11(13(19)22-15(2,3)4)17(9-21-12(10)18)14(20)23-16(5,6)7/h10-11H,8-9H2,1-7H3/t10-,11+/m1/s1. The molecule has 132 valence electrons. The Labute approximate surface area is 137 Å². The summed E-state index contributed by atoms with van der Waals surface area (Å²) in [7, 11) is 0. The van der Waals surface area contributed by atoms with Gasteiger partial charge in [0.05, 0.1) is 5.92 Å². The molecule has 1 rings (SSSR count). The van der Waals surface area contributed by atoms with E-state index in [0.717, 1.165) is 4.90 Å². The van der Waals surface area contributed by atoms with Crippen LogP contribution in [0.1, 0.15) is 54.9 Å². The lowest BCUT2D eigenvalue weighted by Gasteiger charge is -2.39. The van der Waals surface area contributed by atoms with E-state index in [1.54, 1.807) is 48.5 Å². The highest BCUT2D eigenvalue weighted by Crippen LogP contribution is 2.26. The van der Waals surface area contributed by atoms with E-state index >= 15 is 0 Å². The molecule has 23 heavy (non-hydrogen) atoms. The molecule has 1 amide bonds. The summed E-state index contributed by atoms with van der Waals surface area (Å²) >= 11 is 0. The number of carbonyl (C=O) groups excluding carboxylic acids is 3. The van der Waals surface area contributed by atoms with Crippen molar-refractivity contribution < 1.29 is 28.6 Å². The van der Waals surface area contributed by atoms with Gasteiger partial charge in [-0.1, -0.05) is 6.92 Å². The molecule has 7 nitrogen and oxygen atoms in total.